The van der Waals surface area contributed by atoms with Crippen LogP contribution in [0.1, 0.15) is 47.3 Å². The topological polar surface area (TPSA) is 60.2 Å². The molecule has 2 fully saturated rings. The van der Waals surface area contributed by atoms with Crippen LogP contribution in [0.4, 0.5) is 0 Å². The number of hydrogen-bond donors (Lipinski definition) is 0. The van der Waals surface area contributed by atoms with Crippen LogP contribution in [0.15, 0.2) is 43.1 Å². The summed E-state index contributed by atoms with van der Waals surface area (Å²) in [6.45, 7) is 5.41. The van der Waals surface area contributed by atoms with Crippen molar-refractivity contribution in [2.45, 2.75) is 31.2 Å². The zero-order valence-electron chi connectivity index (χ0n) is 14.2. The summed E-state index contributed by atoms with van der Waals surface area (Å²) in [4.78, 5) is 14.8. The summed E-state index contributed by atoms with van der Waals surface area (Å²) in [6, 6.07) is 7.57. The lowest BCUT2D eigenvalue weighted by Crippen LogP contribution is -2.29. The zero-order valence-corrected chi connectivity index (χ0v) is 14.2. The van der Waals surface area contributed by atoms with E-state index in [1.54, 1.807) is 6.08 Å². The normalized spacial score (nSPS) is 19.8. The summed E-state index contributed by atoms with van der Waals surface area (Å²) < 4.78 is 7.55. The van der Waals surface area contributed by atoms with Crippen LogP contribution in [0.5, 0.6) is 5.75 Å². The maximum absolute atomic E-state index is 12.9. The molecule has 1 aliphatic heterocycles. The van der Waals surface area contributed by atoms with Gasteiger partial charge in [0.05, 0.1) is 17.3 Å². The Labute approximate surface area is 147 Å². The van der Waals surface area contributed by atoms with E-state index in [0.29, 0.717) is 30.4 Å². The van der Waals surface area contributed by atoms with Gasteiger partial charge >= 0.3 is 0 Å². The maximum Gasteiger partial charge on any atom is 0.257 e. The van der Waals surface area contributed by atoms with Crippen LogP contribution in [-0.4, -0.2) is 45.5 Å². The predicted octanol–water partition coefficient (Wildman–Crippen LogP) is 2.81. The van der Waals surface area contributed by atoms with E-state index in [9.17, 15) is 4.79 Å². The van der Waals surface area contributed by atoms with E-state index in [0.717, 1.165) is 18.7 Å². The highest BCUT2D eigenvalue weighted by Gasteiger charge is 2.32. The van der Waals surface area contributed by atoms with Crippen LogP contribution in [0.3, 0.4) is 0 Å². The Balaban J connectivity index is 1.45. The monoisotopic (exact) mass is 338 g/mol. The Kier molecular flexibility index (Phi) is 4.26. The molecule has 2 heterocycles. The van der Waals surface area contributed by atoms with Gasteiger partial charge in [-0.15, -0.1) is 5.10 Å². The molecule has 2 aliphatic rings. The van der Waals surface area contributed by atoms with Gasteiger partial charge in [-0.25, -0.2) is 4.68 Å². The Morgan fingerprint density at radius 3 is 2.96 bits per heavy atom. The van der Waals surface area contributed by atoms with Gasteiger partial charge in [-0.2, -0.15) is 0 Å². The van der Waals surface area contributed by atoms with Crippen LogP contribution in [0.25, 0.3) is 0 Å². The third-order valence-electron chi connectivity index (χ3n) is 4.82. The highest BCUT2D eigenvalue weighted by Crippen LogP contribution is 2.39. The molecule has 6 heteroatoms. The number of carbonyl (C=O) groups excluding carboxylic acids is 1. The molecule has 1 aromatic carbocycles. The SMILES string of the molecule is C=CCOc1ccccc1C(=O)N1CCC(n2cc(C3CC3)nn2)C1. The molecule has 1 saturated carbocycles. The van der Waals surface area contributed by atoms with Crippen molar-refractivity contribution in [3.63, 3.8) is 0 Å². The fourth-order valence-corrected chi connectivity index (χ4v) is 3.27. The number of carbonyl (C=O) groups is 1. The minimum Gasteiger partial charge on any atom is -0.489 e. The number of benzene rings is 1. The first kappa shape index (κ1) is 15.9. The number of likely N-dealkylation sites (tertiary alicyclic amines) is 1. The largest absolute Gasteiger partial charge is 0.489 e. The molecule has 1 atom stereocenters. The number of ether oxygens (including phenoxy) is 1. The molecule has 4 rings (SSSR count). The number of amides is 1. The summed E-state index contributed by atoms with van der Waals surface area (Å²) in [5.74, 6) is 1.21. The van der Waals surface area contributed by atoms with Crippen LogP contribution >= 0.6 is 0 Å². The average molecular weight is 338 g/mol. The Morgan fingerprint density at radius 1 is 1.32 bits per heavy atom. The fourth-order valence-electron chi connectivity index (χ4n) is 3.27. The lowest BCUT2D eigenvalue weighted by molar-refractivity contribution is 0.0783. The maximum atomic E-state index is 12.9. The number of rotatable bonds is 6. The molecule has 130 valence electrons. The standard InChI is InChI=1S/C19H22N4O2/c1-2-11-25-18-6-4-3-5-16(18)19(24)22-10-9-15(12-22)23-13-17(20-21-23)14-7-8-14/h2-6,13-15H,1,7-12H2. The van der Waals surface area contributed by atoms with Gasteiger partial charge in [0.15, 0.2) is 0 Å². The third-order valence-corrected chi connectivity index (χ3v) is 4.82. The summed E-state index contributed by atoms with van der Waals surface area (Å²) in [5, 5.41) is 8.56. The molecule has 0 bridgehead atoms. The second kappa shape index (κ2) is 6.70. The third kappa shape index (κ3) is 3.29. The second-order valence-corrected chi connectivity index (χ2v) is 6.69. The minimum absolute atomic E-state index is 0.00435. The van der Waals surface area contributed by atoms with E-state index >= 15 is 0 Å². The molecule has 0 N–H and O–H groups in total. The van der Waals surface area contributed by atoms with E-state index in [1.165, 1.54) is 12.8 Å². The van der Waals surface area contributed by atoms with Crippen LogP contribution in [0.2, 0.25) is 0 Å². The van der Waals surface area contributed by atoms with Crippen molar-refractivity contribution in [1.82, 2.24) is 19.9 Å². The predicted molar refractivity (Wildman–Crippen MR) is 93.7 cm³/mol. The van der Waals surface area contributed by atoms with Gasteiger partial charge in [-0.3, -0.25) is 4.79 Å². The van der Waals surface area contributed by atoms with Crippen molar-refractivity contribution in [1.29, 1.82) is 0 Å². The molecule has 1 amide bonds. The molecule has 6 nitrogen and oxygen atoms in total. The number of para-hydroxylation sites is 1. The highest BCUT2D eigenvalue weighted by molar-refractivity contribution is 5.97. The smallest absolute Gasteiger partial charge is 0.257 e. The van der Waals surface area contributed by atoms with Crippen molar-refractivity contribution in [3.8, 4) is 5.75 Å². The molecule has 25 heavy (non-hydrogen) atoms. The van der Waals surface area contributed by atoms with Gasteiger partial charge in [-0.05, 0) is 31.4 Å². The van der Waals surface area contributed by atoms with Crippen molar-refractivity contribution >= 4 is 5.91 Å². The summed E-state index contributed by atoms with van der Waals surface area (Å²) in [5.41, 5.74) is 1.69. The summed E-state index contributed by atoms with van der Waals surface area (Å²) in [7, 11) is 0. The molecule has 0 spiro atoms. The van der Waals surface area contributed by atoms with Gasteiger partial charge in [0.25, 0.3) is 5.91 Å². The van der Waals surface area contributed by atoms with E-state index in [-0.39, 0.29) is 11.9 Å². The van der Waals surface area contributed by atoms with Gasteiger partial charge < -0.3 is 9.64 Å². The van der Waals surface area contributed by atoms with E-state index in [1.807, 2.05) is 33.8 Å². The molecule has 1 aliphatic carbocycles. The number of nitrogens with zero attached hydrogens (tertiary/aromatic N) is 4. The zero-order chi connectivity index (χ0) is 17.2. The van der Waals surface area contributed by atoms with Gasteiger partial charge in [-0.1, -0.05) is 30.0 Å². The second-order valence-electron chi connectivity index (χ2n) is 6.69. The molecular formula is C19H22N4O2. The van der Waals surface area contributed by atoms with Crippen molar-refractivity contribution in [2.24, 2.45) is 0 Å². The summed E-state index contributed by atoms with van der Waals surface area (Å²) >= 11 is 0. The molecule has 0 radical (unpaired) electrons. The van der Waals surface area contributed by atoms with Gasteiger partial charge in [0, 0.05) is 25.2 Å². The van der Waals surface area contributed by atoms with Crippen molar-refractivity contribution in [2.75, 3.05) is 19.7 Å². The quantitative estimate of drug-likeness (QED) is 0.760. The van der Waals surface area contributed by atoms with Crippen LogP contribution in [0, 0.1) is 0 Å². The van der Waals surface area contributed by atoms with E-state index < -0.39 is 0 Å². The average Bonchev–Trinajstić information content (AvgIpc) is 3.18. The first-order chi connectivity index (χ1) is 12.3. The Morgan fingerprint density at radius 2 is 2.16 bits per heavy atom. The minimum atomic E-state index is 0.00435. The lowest BCUT2D eigenvalue weighted by Gasteiger charge is -2.18. The number of hydrogen-bond acceptors (Lipinski definition) is 4. The van der Waals surface area contributed by atoms with Gasteiger partial charge in [0.2, 0.25) is 0 Å². The highest BCUT2D eigenvalue weighted by atomic mass is 16.5. The van der Waals surface area contributed by atoms with Crippen LogP contribution in [-0.2, 0) is 0 Å². The fraction of sp³-hybridized carbons (Fsp3) is 0.421. The van der Waals surface area contributed by atoms with Crippen molar-refractivity contribution in [3.05, 3.63) is 54.4 Å². The summed E-state index contributed by atoms with van der Waals surface area (Å²) in [6.07, 6.45) is 7.06. The Hall–Kier alpha value is -2.63. The lowest BCUT2D eigenvalue weighted by atomic mass is 10.2. The van der Waals surface area contributed by atoms with Gasteiger partial charge in [0.1, 0.15) is 12.4 Å². The van der Waals surface area contributed by atoms with Crippen molar-refractivity contribution < 1.29 is 9.53 Å². The molecule has 1 saturated heterocycles. The van der Waals surface area contributed by atoms with Crippen LogP contribution < -0.4 is 4.74 Å². The molecular weight excluding hydrogens is 316 g/mol. The Bertz CT molecular complexity index is 781. The molecule has 1 unspecified atom stereocenters. The first-order valence-corrected chi connectivity index (χ1v) is 8.80. The molecule has 2 aromatic rings. The number of aromatic nitrogens is 3. The van der Waals surface area contributed by atoms with E-state index in [4.69, 9.17) is 4.74 Å². The van der Waals surface area contributed by atoms with E-state index in [2.05, 4.69) is 23.1 Å². The first-order valence-electron chi connectivity index (χ1n) is 8.80. The molecule has 1 aromatic heterocycles.